The molecule has 0 spiro atoms. The van der Waals surface area contributed by atoms with E-state index >= 15 is 0 Å². The van der Waals surface area contributed by atoms with Gasteiger partial charge in [0.2, 0.25) is 5.91 Å². The topological polar surface area (TPSA) is 102 Å². The van der Waals surface area contributed by atoms with E-state index in [0.29, 0.717) is 27.8 Å². The third-order valence-electron chi connectivity index (χ3n) is 4.05. The van der Waals surface area contributed by atoms with Crippen LogP contribution in [0.25, 0.3) is 6.08 Å². The van der Waals surface area contributed by atoms with Crippen molar-refractivity contribution in [2.45, 2.75) is 6.92 Å². The highest BCUT2D eigenvalue weighted by Crippen LogP contribution is 2.32. The molecule has 3 amide bonds. The van der Waals surface area contributed by atoms with Crippen LogP contribution in [0, 0.1) is 0 Å². The van der Waals surface area contributed by atoms with Crippen molar-refractivity contribution in [3.63, 3.8) is 0 Å². The average Bonchev–Trinajstić information content (AvgIpc) is 2.96. The number of hydrogen-bond donors (Lipinski definition) is 1. The maximum absolute atomic E-state index is 12.6. The highest BCUT2D eigenvalue weighted by atomic mass is 35.5. The molecule has 1 saturated heterocycles. The minimum Gasteiger partial charge on any atom is -0.495 e. The van der Waals surface area contributed by atoms with E-state index in [1.165, 1.54) is 26.2 Å². The van der Waals surface area contributed by atoms with Crippen LogP contribution < -0.4 is 14.8 Å². The van der Waals surface area contributed by atoms with E-state index in [2.05, 4.69) is 5.32 Å². The molecule has 0 atom stereocenters. The molecule has 1 fully saturated rings. The van der Waals surface area contributed by atoms with Crippen LogP contribution in [-0.4, -0.2) is 41.6 Å². The van der Waals surface area contributed by atoms with Gasteiger partial charge in [0.15, 0.2) is 0 Å². The van der Waals surface area contributed by atoms with Crippen molar-refractivity contribution < 1.29 is 28.7 Å². The normalized spacial score (nSPS) is 14.7. The molecule has 0 radical (unpaired) electrons. The molecule has 3 rings (SSSR count). The number of imide groups is 1. The van der Waals surface area contributed by atoms with E-state index < -0.39 is 29.6 Å². The van der Waals surface area contributed by atoms with Gasteiger partial charge in [-0.2, -0.15) is 0 Å². The van der Waals surface area contributed by atoms with E-state index in [1.54, 1.807) is 36.4 Å². The first-order valence-electron chi connectivity index (χ1n) is 8.94. The summed E-state index contributed by atoms with van der Waals surface area (Å²) >= 11 is 6.77. The summed E-state index contributed by atoms with van der Waals surface area (Å²) in [6.45, 7) is 0.861. The minimum absolute atomic E-state index is 0.186. The van der Waals surface area contributed by atoms with Gasteiger partial charge < -0.3 is 14.8 Å². The number of carbonyl (C=O) groups excluding carboxylic acids is 4. The Morgan fingerprint density at radius 2 is 1.87 bits per heavy atom. The number of carbonyl (C=O) groups is 4. The number of nitrogens with zero attached hydrogens (tertiary/aromatic N) is 1. The van der Waals surface area contributed by atoms with E-state index in [9.17, 15) is 19.2 Å². The second-order valence-electron chi connectivity index (χ2n) is 6.33. The Hall–Kier alpha value is -3.30. The summed E-state index contributed by atoms with van der Waals surface area (Å²) in [6, 6.07) is 11.1. The van der Waals surface area contributed by atoms with Gasteiger partial charge in [0.1, 0.15) is 18.0 Å². The fourth-order valence-corrected chi connectivity index (χ4v) is 3.77. The molecule has 2 aromatic rings. The van der Waals surface area contributed by atoms with Gasteiger partial charge in [0.25, 0.3) is 11.1 Å². The molecule has 1 aliphatic rings. The first-order chi connectivity index (χ1) is 14.8. The van der Waals surface area contributed by atoms with Crippen molar-refractivity contribution >= 4 is 58.1 Å². The summed E-state index contributed by atoms with van der Waals surface area (Å²) in [4.78, 5) is 49.2. The fraction of sp³-hybridized carbons (Fsp3) is 0.143. The van der Waals surface area contributed by atoms with E-state index in [1.807, 2.05) is 0 Å². The lowest BCUT2D eigenvalue weighted by atomic mass is 10.2. The molecule has 0 aromatic heterocycles. The van der Waals surface area contributed by atoms with Crippen molar-refractivity contribution in [3.8, 4) is 11.5 Å². The van der Waals surface area contributed by atoms with Crippen molar-refractivity contribution in [3.05, 3.63) is 58.0 Å². The smallest absolute Gasteiger partial charge is 0.308 e. The van der Waals surface area contributed by atoms with Crippen LogP contribution in [0.2, 0.25) is 5.02 Å². The SMILES string of the molecule is COc1ccc(NC(=O)CN2C(=O)S/C(=C/c3ccc(OC(C)=O)cc3)C2=O)cc1Cl. The number of benzene rings is 2. The van der Waals surface area contributed by atoms with Gasteiger partial charge in [-0.15, -0.1) is 0 Å². The maximum atomic E-state index is 12.6. The molecular formula is C21H17ClN2O6S. The molecule has 0 saturated carbocycles. The highest BCUT2D eigenvalue weighted by Gasteiger charge is 2.36. The quantitative estimate of drug-likeness (QED) is 0.395. The zero-order chi connectivity index (χ0) is 22.5. The van der Waals surface area contributed by atoms with Crippen molar-refractivity contribution in [2.24, 2.45) is 0 Å². The lowest BCUT2D eigenvalue weighted by Gasteiger charge is -2.13. The highest BCUT2D eigenvalue weighted by molar-refractivity contribution is 8.18. The molecule has 10 heteroatoms. The Bertz CT molecular complexity index is 1080. The lowest BCUT2D eigenvalue weighted by molar-refractivity contribution is -0.131. The number of esters is 1. The zero-order valence-electron chi connectivity index (χ0n) is 16.5. The summed E-state index contributed by atoms with van der Waals surface area (Å²) in [5.74, 6) is -0.730. The molecule has 0 bridgehead atoms. The molecule has 8 nitrogen and oxygen atoms in total. The van der Waals surface area contributed by atoms with Crippen LogP contribution in [0.3, 0.4) is 0 Å². The van der Waals surface area contributed by atoms with E-state index in [4.69, 9.17) is 21.1 Å². The molecular weight excluding hydrogens is 444 g/mol. The standard InChI is InChI=1S/C21H17ClN2O6S/c1-12(25)30-15-6-3-13(4-7-15)9-18-20(27)24(21(28)31-18)11-19(26)23-14-5-8-17(29-2)16(22)10-14/h3-10H,11H2,1-2H3,(H,23,26)/b18-9+. The molecule has 160 valence electrons. The van der Waals surface area contributed by atoms with Crippen LogP contribution in [-0.2, 0) is 14.4 Å². The van der Waals surface area contributed by atoms with Crippen LogP contribution in [0.5, 0.6) is 11.5 Å². The second-order valence-corrected chi connectivity index (χ2v) is 7.73. The van der Waals surface area contributed by atoms with Crippen LogP contribution in [0.1, 0.15) is 12.5 Å². The van der Waals surface area contributed by atoms with Gasteiger partial charge in [-0.25, -0.2) is 0 Å². The van der Waals surface area contributed by atoms with Gasteiger partial charge in [0, 0.05) is 12.6 Å². The first-order valence-corrected chi connectivity index (χ1v) is 10.1. The predicted octanol–water partition coefficient (Wildman–Crippen LogP) is 3.95. The van der Waals surface area contributed by atoms with Crippen molar-refractivity contribution in [2.75, 3.05) is 19.0 Å². The Balaban J connectivity index is 1.65. The largest absolute Gasteiger partial charge is 0.495 e. The number of thioether (sulfide) groups is 1. The number of anilines is 1. The lowest BCUT2D eigenvalue weighted by Crippen LogP contribution is -2.36. The first kappa shape index (κ1) is 22.4. The Labute approximate surface area is 187 Å². The van der Waals surface area contributed by atoms with Crippen LogP contribution >= 0.6 is 23.4 Å². The number of amides is 3. The summed E-state index contributed by atoms with van der Waals surface area (Å²) < 4.78 is 10.0. The van der Waals surface area contributed by atoms with Crippen LogP contribution in [0.4, 0.5) is 10.5 Å². The van der Waals surface area contributed by atoms with Gasteiger partial charge in [-0.1, -0.05) is 23.7 Å². The third kappa shape index (κ3) is 5.65. The Morgan fingerprint density at radius 3 is 2.48 bits per heavy atom. The third-order valence-corrected chi connectivity index (χ3v) is 5.25. The van der Waals surface area contributed by atoms with Gasteiger partial charge in [0.05, 0.1) is 17.0 Å². The summed E-state index contributed by atoms with van der Waals surface area (Å²) in [6.07, 6.45) is 1.53. The summed E-state index contributed by atoms with van der Waals surface area (Å²) in [5, 5.41) is 2.36. The van der Waals surface area contributed by atoms with E-state index in [0.717, 1.165) is 16.7 Å². The zero-order valence-corrected chi connectivity index (χ0v) is 18.1. The predicted molar refractivity (Wildman–Crippen MR) is 117 cm³/mol. The number of methoxy groups -OCH3 is 1. The number of nitrogens with one attached hydrogen (secondary N) is 1. The van der Waals surface area contributed by atoms with Crippen LogP contribution in [0.15, 0.2) is 47.4 Å². The molecule has 2 aromatic carbocycles. The Morgan fingerprint density at radius 1 is 1.16 bits per heavy atom. The van der Waals surface area contributed by atoms with Gasteiger partial charge in [-0.05, 0) is 53.7 Å². The monoisotopic (exact) mass is 460 g/mol. The van der Waals surface area contributed by atoms with Gasteiger partial charge >= 0.3 is 5.97 Å². The Kier molecular flexibility index (Phi) is 6.98. The number of ether oxygens (including phenoxy) is 2. The number of rotatable bonds is 6. The van der Waals surface area contributed by atoms with Crippen molar-refractivity contribution in [1.29, 1.82) is 0 Å². The minimum atomic E-state index is -0.568. The molecule has 1 heterocycles. The fourth-order valence-electron chi connectivity index (χ4n) is 2.67. The molecule has 1 aliphatic heterocycles. The number of halogens is 1. The van der Waals surface area contributed by atoms with Crippen molar-refractivity contribution in [1.82, 2.24) is 4.90 Å². The summed E-state index contributed by atoms with van der Waals surface area (Å²) in [5.41, 5.74) is 1.05. The number of hydrogen-bond acceptors (Lipinski definition) is 7. The van der Waals surface area contributed by atoms with E-state index in [-0.39, 0.29) is 4.91 Å². The molecule has 1 N–H and O–H groups in total. The molecule has 31 heavy (non-hydrogen) atoms. The molecule has 0 aliphatic carbocycles. The maximum Gasteiger partial charge on any atom is 0.308 e. The molecule has 0 unspecified atom stereocenters. The average molecular weight is 461 g/mol. The second kappa shape index (κ2) is 9.67. The van der Waals surface area contributed by atoms with Gasteiger partial charge in [-0.3, -0.25) is 24.1 Å². The summed E-state index contributed by atoms with van der Waals surface area (Å²) in [7, 11) is 1.47.